The fraction of sp³-hybridized carbons (Fsp3) is 0.190. The van der Waals surface area contributed by atoms with Crippen LogP contribution in [0.15, 0.2) is 54.6 Å². The van der Waals surface area contributed by atoms with E-state index in [1.807, 2.05) is 54.6 Å². The predicted octanol–water partition coefficient (Wildman–Crippen LogP) is 4.07. The first kappa shape index (κ1) is 16.8. The number of methoxy groups -OCH3 is 2. The Hall–Kier alpha value is -3.01. The van der Waals surface area contributed by atoms with Crippen LogP contribution >= 0.6 is 0 Å². The number of hydrogen-bond donors (Lipinski definition) is 1. The topological polar surface area (TPSA) is 55.8 Å². The maximum absolute atomic E-state index is 11.5. The predicted molar refractivity (Wildman–Crippen MR) is 97.6 cm³/mol. The number of carboxylic acid groups (broad SMARTS) is 1. The van der Waals surface area contributed by atoms with E-state index >= 15 is 0 Å². The highest BCUT2D eigenvalue weighted by Crippen LogP contribution is 2.42. The van der Waals surface area contributed by atoms with Gasteiger partial charge in [-0.2, -0.15) is 0 Å². The Bertz CT molecular complexity index is 901. The van der Waals surface area contributed by atoms with Crippen LogP contribution in [0.1, 0.15) is 16.7 Å². The molecule has 0 bridgehead atoms. The van der Waals surface area contributed by atoms with Crippen molar-refractivity contribution >= 4 is 16.7 Å². The van der Waals surface area contributed by atoms with Crippen LogP contribution in [0.3, 0.4) is 0 Å². The van der Waals surface area contributed by atoms with Gasteiger partial charge in [0.2, 0.25) is 0 Å². The third kappa shape index (κ3) is 3.29. The fourth-order valence-corrected chi connectivity index (χ4v) is 3.27. The van der Waals surface area contributed by atoms with Crippen LogP contribution in [-0.2, 0) is 17.6 Å². The molecule has 3 aromatic rings. The van der Waals surface area contributed by atoms with E-state index in [0.29, 0.717) is 23.5 Å². The zero-order chi connectivity index (χ0) is 17.8. The van der Waals surface area contributed by atoms with Gasteiger partial charge in [0.25, 0.3) is 0 Å². The molecule has 4 nitrogen and oxygen atoms in total. The molecule has 0 aliphatic rings. The number of carbonyl (C=O) groups is 1. The van der Waals surface area contributed by atoms with Gasteiger partial charge in [0, 0.05) is 28.3 Å². The second-order valence-corrected chi connectivity index (χ2v) is 5.80. The first-order valence-corrected chi connectivity index (χ1v) is 8.05. The van der Waals surface area contributed by atoms with E-state index in [2.05, 4.69) is 0 Å². The lowest BCUT2D eigenvalue weighted by Crippen LogP contribution is -2.09. The molecule has 0 unspecified atom stereocenters. The van der Waals surface area contributed by atoms with Gasteiger partial charge in [-0.25, -0.2) is 0 Å². The lowest BCUT2D eigenvalue weighted by atomic mass is 9.91. The highest BCUT2D eigenvalue weighted by Gasteiger charge is 2.22. The Morgan fingerprint density at radius 3 is 1.88 bits per heavy atom. The van der Waals surface area contributed by atoms with Crippen LogP contribution < -0.4 is 9.47 Å². The largest absolute Gasteiger partial charge is 0.496 e. The van der Waals surface area contributed by atoms with Gasteiger partial charge in [-0.3, -0.25) is 4.79 Å². The number of hydrogen-bond acceptors (Lipinski definition) is 3. The minimum Gasteiger partial charge on any atom is -0.496 e. The average molecular weight is 336 g/mol. The normalized spacial score (nSPS) is 10.6. The summed E-state index contributed by atoms with van der Waals surface area (Å²) in [5.74, 6) is 0.409. The van der Waals surface area contributed by atoms with Gasteiger partial charge in [-0.05, 0) is 5.56 Å². The number of ether oxygens (including phenoxy) is 2. The Morgan fingerprint density at radius 2 is 1.36 bits per heavy atom. The van der Waals surface area contributed by atoms with Gasteiger partial charge < -0.3 is 14.6 Å². The lowest BCUT2D eigenvalue weighted by molar-refractivity contribution is -0.136. The highest BCUT2D eigenvalue weighted by atomic mass is 16.5. The van der Waals surface area contributed by atoms with E-state index in [4.69, 9.17) is 9.47 Å². The van der Waals surface area contributed by atoms with E-state index in [-0.39, 0.29) is 6.42 Å². The number of carboxylic acids is 1. The van der Waals surface area contributed by atoms with Crippen LogP contribution in [0.5, 0.6) is 11.5 Å². The highest BCUT2D eigenvalue weighted by molar-refractivity contribution is 5.97. The summed E-state index contributed by atoms with van der Waals surface area (Å²) in [6.45, 7) is 0. The van der Waals surface area contributed by atoms with Crippen molar-refractivity contribution < 1.29 is 19.4 Å². The average Bonchev–Trinajstić information content (AvgIpc) is 2.62. The molecule has 128 valence electrons. The molecular weight excluding hydrogens is 316 g/mol. The SMILES string of the molecule is COc1c(CC(=O)O)c(Cc2ccccc2)c(OC)c2ccccc12. The molecule has 0 spiro atoms. The van der Waals surface area contributed by atoms with Crippen molar-refractivity contribution in [2.24, 2.45) is 0 Å². The second-order valence-electron chi connectivity index (χ2n) is 5.80. The third-order valence-corrected chi connectivity index (χ3v) is 4.29. The molecule has 25 heavy (non-hydrogen) atoms. The molecule has 0 fully saturated rings. The van der Waals surface area contributed by atoms with Gasteiger partial charge in [0.1, 0.15) is 11.5 Å². The van der Waals surface area contributed by atoms with Crippen LogP contribution in [0, 0.1) is 0 Å². The number of aliphatic carboxylic acids is 1. The minimum absolute atomic E-state index is 0.119. The summed E-state index contributed by atoms with van der Waals surface area (Å²) >= 11 is 0. The standard InChI is InChI=1S/C21H20O4/c1-24-20-15-10-6-7-11-16(15)21(25-2)18(13-19(22)23)17(20)12-14-8-4-3-5-9-14/h3-11H,12-13H2,1-2H3,(H,22,23). The Morgan fingerprint density at radius 1 is 0.840 bits per heavy atom. The van der Waals surface area contributed by atoms with E-state index in [1.54, 1.807) is 14.2 Å². The Balaban J connectivity index is 2.32. The Kier molecular flexibility index (Phi) is 4.89. The molecule has 0 saturated carbocycles. The van der Waals surface area contributed by atoms with Crippen molar-refractivity contribution in [2.75, 3.05) is 14.2 Å². The number of fused-ring (bicyclic) bond motifs is 1. The van der Waals surface area contributed by atoms with E-state index in [9.17, 15) is 9.90 Å². The number of benzene rings is 3. The third-order valence-electron chi connectivity index (χ3n) is 4.29. The van der Waals surface area contributed by atoms with Crippen LogP contribution in [0.4, 0.5) is 0 Å². The maximum atomic E-state index is 11.5. The fourth-order valence-electron chi connectivity index (χ4n) is 3.27. The summed E-state index contributed by atoms with van der Waals surface area (Å²) in [7, 11) is 3.19. The molecule has 3 aromatic carbocycles. The first-order chi connectivity index (χ1) is 12.2. The van der Waals surface area contributed by atoms with E-state index < -0.39 is 5.97 Å². The molecule has 0 aliphatic carbocycles. The molecular formula is C21H20O4. The van der Waals surface area contributed by atoms with E-state index in [0.717, 1.165) is 21.9 Å². The quantitative estimate of drug-likeness (QED) is 0.737. The van der Waals surface area contributed by atoms with Gasteiger partial charge >= 0.3 is 5.97 Å². The van der Waals surface area contributed by atoms with Gasteiger partial charge in [-0.15, -0.1) is 0 Å². The summed E-state index contributed by atoms with van der Waals surface area (Å²) in [4.78, 5) is 11.5. The summed E-state index contributed by atoms with van der Waals surface area (Å²) in [5, 5.41) is 11.2. The molecule has 0 aromatic heterocycles. The van der Waals surface area contributed by atoms with Gasteiger partial charge in [0.05, 0.1) is 20.6 Å². The maximum Gasteiger partial charge on any atom is 0.307 e. The zero-order valence-corrected chi connectivity index (χ0v) is 14.3. The Labute approximate surface area is 146 Å². The summed E-state index contributed by atoms with van der Waals surface area (Å²) in [5.41, 5.74) is 2.60. The molecule has 1 N–H and O–H groups in total. The molecule has 0 heterocycles. The molecule has 0 radical (unpaired) electrons. The molecule has 4 heteroatoms. The second kappa shape index (κ2) is 7.26. The van der Waals surface area contributed by atoms with Crippen molar-refractivity contribution in [1.29, 1.82) is 0 Å². The molecule has 0 aliphatic heterocycles. The first-order valence-electron chi connectivity index (χ1n) is 8.05. The van der Waals surface area contributed by atoms with Crippen molar-refractivity contribution in [2.45, 2.75) is 12.8 Å². The smallest absolute Gasteiger partial charge is 0.307 e. The van der Waals surface area contributed by atoms with Crippen LogP contribution in [0.2, 0.25) is 0 Å². The van der Waals surface area contributed by atoms with Crippen LogP contribution in [0.25, 0.3) is 10.8 Å². The van der Waals surface area contributed by atoms with Gasteiger partial charge in [0.15, 0.2) is 0 Å². The zero-order valence-electron chi connectivity index (χ0n) is 14.3. The summed E-state index contributed by atoms with van der Waals surface area (Å²) in [6, 6.07) is 17.7. The molecule has 0 amide bonds. The summed E-state index contributed by atoms with van der Waals surface area (Å²) in [6.07, 6.45) is 0.459. The van der Waals surface area contributed by atoms with Gasteiger partial charge in [-0.1, -0.05) is 54.6 Å². The van der Waals surface area contributed by atoms with Crippen molar-refractivity contribution in [3.63, 3.8) is 0 Å². The monoisotopic (exact) mass is 336 g/mol. The lowest BCUT2D eigenvalue weighted by Gasteiger charge is -2.20. The molecule has 0 atom stereocenters. The molecule has 3 rings (SSSR count). The van der Waals surface area contributed by atoms with Crippen LogP contribution in [-0.4, -0.2) is 25.3 Å². The van der Waals surface area contributed by atoms with E-state index in [1.165, 1.54) is 0 Å². The van der Waals surface area contributed by atoms with Crippen molar-refractivity contribution in [3.05, 3.63) is 71.3 Å². The van der Waals surface area contributed by atoms with Crippen molar-refractivity contribution in [1.82, 2.24) is 0 Å². The minimum atomic E-state index is -0.898. The number of rotatable bonds is 6. The summed E-state index contributed by atoms with van der Waals surface area (Å²) < 4.78 is 11.3. The molecule has 0 saturated heterocycles. The van der Waals surface area contributed by atoms with Crippen molar-refractivity contribution in [3.8, 4) is 11.5 Å².